The molecule has 1 rings (SSSR count). The molecule has 0 bridgehead atoms. The zero-order chi connectivity index (χ0) is 6.69. The van der Waals surface area contributed by atoms with Crippen LogP contribution in [-0.4, -0.2) is 0 Å². The van der Waals surface area contributed by atoms with E-state index in [4.69, 9.17) is 0 Å². The van der Waals surface area contributed by atoms with Gasteiger partial charge in [0.05, 0.1) is 0 Å². The predicted octanol–water partition coefficient (Wildman–Crippen LogP) is 1.08. The van der Waals surface area contributed by atoms with Crippen LogP contribution in [0.4, 0.5) is 0 Å². The molecular formula is C6H6S3. The average molecular weight is 174 g/mol. The van der Waals surface area contributed by atoms with Crippen molar-refractivity contribution in [3.63, 3.8) is 0 Å². The van der Waals surface area contributed by atoms with Crippen molar-refractivity contribution in [2.24, 2.45) is 0 Å². The van der Waals surface area contributed by atoms with E-state index in [-0.39, 0.29) is 0 Å². The molecule has 1 heterocycles. The second kappa shape index (κ2) is 3.34. The summed E-state index contributed by atoms with van der Waals surface area (Å²) >= 11 is 9.69. The van der Waals surface area contributed by atoms with Crippen LogP contribution in [-0.2, 0) is 0 Å². The van der Waals surface area contributed by atoms with Crippen molar-refractivity contribution < 1.29 is 0 Å². The molecule has 0 nitrogen and oxygen atoms in total. The molecule has 0 radical (unpaired) electrons. The fraction of sp³-hybridized carbons (Fsp3) is 0. The molecule has 9 heavy (non-hydrogen) atoms. The van der Waals surface area contributed by atoms with Crippen LogP contribution in [0, 0.1) is 0 Å². The van der Waals surface area contributed by atoms with Crippen molar-refractivity contribution in [3.8, 4) is 0 Å². The molecule has 0 fully saturated rings. The lowest BCUT2D eigenvalue weighted by Gasteiger charge is -1.64. The second-order valence-corrected chi connectivity index (χ2v) is 3.16. The molecule has 0 aliphatic carbocycles. The normalized spacial score (nSPS) is 14.9. The van der Waals surface area contributed by atoms with Crippen LogP contribution >= 0.6 is 36.6 Å². The van der Waals surface area contributed by atoms with E-state index in [0.29, 0.717) is 0 Å². The summed E-state index contributed by atoms with van der Waals surface area (Å²) in [5.41, 5.74) is 0. The van der Waals surface area contributed by atoms with Crippen LogP contribution in [0.3, 0.4) is 0 Å². The molecule has 0 saturated heterocycles. The highest BCUT2D eigenvalue weighted by atomic mass is 32.1. The van der Waals surface area contributed by atoms with Gasteiger partial charge in [-0.2, -0.15) is 0 Å². The smallest absolute Gasteiger partial charge is 0.0337 e. The minimum Gasteiger partial charge on any atom is -0.150 e. The highest BCUT2D eigenvalue weighted by Crippen LogP contribution is 1.82. The van der Waals surface area contributed by atoms with Crippen molar-refractivity contribution in [2.75, 3.05) is 0 Å². The fourth-order valence-electron chi connectivity index (χ4n) is 0.507. The molecule has 0 saturated carbocycles. The molecule has 0 aliphatic heterocycles. The van der Waals surface area contributed by atoms with Gasteiger partial charge in [0.25, 0.3) is 0 Å². The third kappa shape index (κ3) is 1.78. The molecule has 1 aromatic rings. The van der Waals surface area contributed by atoms with E-state index in [0.717, 1.165) is 0 Å². The van der Waals surface area contributed by atoms with Gasteiger partial charge in [0.1, 0.15) is 0 Å². The minimum atomic E-state index is 1.17. The van der Waals surface area contributed by atoms with Crippen LogP contribution < -0.4 is 9.06 Å². The Hall–Kier alpha value is 0.140. The Morgan fingerprint density at radius 2 is 1.56 bits per heavy atom. The molecule has 0 aromatic carbocycles. The van der Waals surface area contributed by atoms with Gasteiger partial charge in [-0.3, -0.25) is 0 Å². The van der Waals surface area contributed by atoms with Crippen molar-refractivity contribution in [3.05, 3.63) is 21.2 Å². The lowest BCUT2D eigenvalue weighted by atomic mass is 10.6. The number of thiol groups is 2. The maximum Gasteiger partial charge on any atom is 0.0337 e. The molecule has 0 unspecified atom stereocenters. The van der Waals surface area contributed by atoms with Crippen molar-refractivity contribution in [1.82, 2.24) is 0 Å². The number of rotatable bonds is 0. The van der Waals surface area contributed by atoms with E-state index in [2.05, 4.69) is 25.3 Å². The third-order valence-corrected chi connectivity index (χ3v) is 2.79. The molecule has 3 heteroatoms. The van der Waals surface area contributed by atoms with Crippen molar-refractivity contribution >= 4 is 47.4 Å². The van der Waals surface area contributed by atoms with Crippen LogP contribution in [0.5, 0.6) is 0 Å². The maximum atomic E-state index is 4.01. The van der Waals surface area contributed by atoms with E-state index in [1.807, 2.05) is 12.1 Å². The monoisotopic (exact) mass is 174 g/mol. The van der Waals surface area contributed by atoms with Crippen molar-refractivity contribution in [1.29, 1.82) is 0 Å². The van der Waals surface area contributed by atoms with Crippen LogP contribution in [0.15, 0.2) is 12.1 Å². The highest BCUT2D eigenvalue weighted by molar-refractivity contribution is 7.88. The summed E-state index contributed by atoms with van der Waals surface area (Å²) in [5, 5.41) is 3.57. The minimum absolute atomic E-state index is 1.17. The Bertz CT molecular complexity index is 255. The molecular weight excluding hydrogens is 168 g/mol. The van der Waals surface area contributed by atoms with E-state index < -0.39 is 0 Å². The van der Waals surface area contributed by atoms with Crippen LogP contribution in [0.1, 0.15) is 0 Å². The summed E-state index contributed by atoms with van der Waals surface area (Å²) < 4.78 is 2.33. The summed E-state index contributed by atoms with van der Waals surface area (Å²) in [6.45, 7) is 0. The van der Waals surface area contributed by atoms with Gasteiger partial charge in [-0.1, -0.05) is 0 Å². The summed E-state index contributed by atoms with van der Waals surface area (Å²) in [6.07, 6.45) is 0. The van der Waals surface area contributed by atoms with E-state index >= 15 is 0 Å². The quantitative estimate of drug-likeness (QED) is 0.540. The number of hydrogen-bond acceptors (Lipinski definition) is 3. The summed E-state index contributed by atoms with van der Waals surface area (Å²) in [6, 6.07) is 4.03. The lowest BCUT2D eigenvalue weighted by molar-refractivity contribution is 1.89. The largest absolute Gasteiger partial charge is 0.150 e. The fourth-order valence-corrected chi connectivity index (χ4v) is 1.65. The van der Waals surface area contributed by atoms with E-state index in [9.17, 15) is 0 Å². The third-order valence-electron chi connectivity index (χ3n) is 0.902. The van der Waals surface area contributed by atoms with Gasteiger partial charge in [-0.05, 0) is 22.9 Å². The predicted molar refractivity (Wildman–Crippen MR) is 50.5 cm³/mol. The molecule has 0 aliphatic rings. The zero-order valence-electron chi connectivity index (χ0n) is 4.61. The van der Waals surface area contributed by atoms with Gasteiger partial charge in [0, 0.05) is 9.06 Å². The molecule has 0 N–H and O–H groups in total. The Morgan fingerprint density at radius 3 is 1.78 bits per heavy atom. The Balaban J connectivity index is 3.33. The molecule has 0 amide bonds. The van der Waals surface area contributed by atoms with Gasteiger partial charge in [-0.15, -0.1) is 36.6 Å². The first-order chi connectivity index (χ1) is 4.36. The molecule has 48 valence electrons. The highest BCUT2D eigenvalue weighted by Gasteiger charge is 1.79. The topological polar surface area (TPSA) is 0 Å². The maximum absolute atomic E-state index is 4.01. The second-order valence-electron chi connectivity index (χ2n) is 1.50. The molecule has 1 aromatic heterocycles. The first-order valence-corrected chi connectivity index (χ1v) is 4.26. The first kappa shape index (κ1) is 7.25. The van der Waals surface area contributed by atoms with Gasteiger partial charge in [-0.25, -0.2) is 0 Å². The molecule has 0 spiro atoms. The lowest BCUT2D eigenvalue weighted by Crippen LogP contribution is -1.87. The Morgan fingerprint density at radius 1 is 1.11 bits per heavy atom. The van der Waals surface area contributed by atoms with Gasteiger partial charge >= 0.3 is 0 Å². The van der Waals surface area contributed by atoms with E-state index in [1.165, 1.54) is 9.06 Å². The Kier molecular flexibility index (Phi) is 2.69. The van der Waals surface area contributed by atoms with Gasteiger partial charge in [0.2, 0.25) is 0 Å². The van der Waals surface area contributed by atoms with Gasteiger partial charge < -0.3 is 0 Å². The Labute approximate surface area is 68.7 Å². The standard InChI is InChI=1S/C6H6S3/c7-3-5-1-2-6(4-8)9-5/h1-4,7-8H. The SMILES string of the molecule is SC=c1ccc(=CS)s1. The summed E-state index contributed by atoms with van der Waals surface area (Å²) in [7, 11) is 0. The number of thiophene rings is 1. The average Bonchev–Trinajstić information content (AvgIpc) is 2.34. The van der Waals surface area contributed by atoms with Crippen LogP contribution in [0.25, 0.3) is 10.8 Å². The van der Waals surface area contributed by atoms with Crippen LogP contribution in [0.2, 0.25) is 0 Å². The van der Waals surface area contributed by atoms with E-state index in [1.54, 1.807) is 22.2 Å². The number of hydrogen-bond donors (Lipinski definition) is 2. The summed E-state index contributed by atoms with van der Waals surface area (Å²) in [5.74, 6) is 0. The first-order valence-electron chi connectivity index (χ1n) is 2.41. The summed E-state index contributed by atoms with van der Waals surface area (Å²) in [4.78, 5) is 0. The van der Waals surface area contributed by atoms with Crippen molar-refractivity contribution in [2.45, 2.75) is 0 Å². The zero-order valence-corrected chi connectivity index (χ0v) is 7.22. The van der Waals surface area contributed by atoms with Gasteiger partial charge in [0.15, 0.2) is 0 Å². The molecule has 0 atom stereocenters.